The van der Waals surface area contributed by atoms with Crippen molar-refractivity contribution >= 4 is 27.5 Å². The van der Waals surface area contributed by atoms with Crippen LogP contribution in [0.15, 0.2) is 48.5 Å². The van der Waals surface area contributed by atoms with Gasteiger partial charge in [-0.3, -0.25) is 13.9 Å². The minimum Gasteiger partial charge on any atom is -0.495 e. The molecule has 0 aliphatic carbocycles. The lowest BCUT2D eigenvalue weighted by molar-refractivity contribution is -0.141. The Kier molecular flexibility index (Phi) is 11.2. The Balaban J connectivity index is 2.22. The molecule has 198 valence electrons. The number of carbonyl (C=O) groups is 2. The number of ether oxygens (including phenoxy) is 1. The first-order chi connectivity index (χ1) is 17.1. The number of nitrogens with zero attached hydrogens (tertiary/aromatic N) is 2. The standard InChI is InChI=1S/C26H36FN3O5S/c1-5-17-28-26(32)22(6-2)29(19-20-13-15-21(27)16-14-20)25(31)12-9-18-30(36(4,33)34)23-10-7-8-11-24(23)35-3/h7-8,10-11,13-16,22H,5-6,9,12,17-19H2,1-4H3,(H,28,32). The van der Waals surface area contributed by atoms with Gasteiger partial charge in [0, 0.05) is 26.1 Å². The monoisotopic (exact) mass is 521 g/mol. The summed E-state index contributed by atoms with van der Waals surface area (Å²) in [5.41, 5.74) is 1.08. The van der Waals surface area contributed by atoms with Crippen LogP contribution in [0.25, 0.3) is 0 Å². The van der Waals surface area contributed by atoms with Crippen LogP contribution in [-0.4, -0.2) is 57.6 Å². The number of nitrogens with one attached hydrogen (secondary N) is 1. The molecule has 2 aromatic rings. The van der Waals surface area contributed by atoms with E-state index in [1.165, 1.54) is 28.4 Å². The predicted octanol–water partition coefficient (Wildman–Crippen LogP) is 3.71. The molecule has 2 amide bonds. The molecule has 2 aromatic carbocycles. The first-order valence-corrected chi connectivity index (χ1v) is 13.9. The van der Waals surface area contributed by atoms with Crippen LogP contribution in [0.3, 0.4) is 0 Å². The summed E-state index contributed by atoms with van der Waals surface area (Å²) in [6.07, 6.45) is 2.53. The van der Waals surface area contributed by atoms with Crippen molar-refractivity contribution in [2.75, 3.05) is 30.8 Å². The molecule has 8 nitrogen and oxygen atoms in total. The topological polar surface area (TPSA) is 96.0 Å². The summed E-state index contributed by atoms with van der Waals surface area (Å²) in [7, 11) is -2.17. The third-order valence-corrected chi connectivity index (χ3v) is 6.89. The van der Waals surface area contributed by atoms with Crippen LogP contribution in [0.5, 0.6) is 5.75 Å². The quantitative estimate of drug-likeness (QED) is 0.409. The van der Waals surface area contributed by atoms with Gasteiger partial charge >= 0.3 is 0 Å². The number of hydrogen-bond donors (Lipinski definition) is 1. The highest BCUT2D eigenvalue weighted by Gasteiger charge is 2.29. The number of carbonyl (C=O) groups excluding carboxylic acids is 2. The fourth-order valence-corrected chi connectivity index (χ4v) is 4.86. The molecule has 0 aliphatic heterocycles. The highest BCUT2D eigenvalue weighted by atomic mass is 32.2. The van der Waals surface area contributed by atoms with Gasteiger partial charge in [-0.25, -0.2) is 12.8 Å². The third-order valence-electron chi connectivity index (χ3n) is 5.71. The Morgan fingerprint density at radius 2 is 1.75 bits per heavy atom. The van der Waals surface area contributed by atoms with Crippen molar-refractivity contribution in [3.05, 3.63) is 59.9 Å². The van der Waals surface area contributed by atoms with Gasteiger partial charge in [0.2, 0.25) is 21.8 Å². The van der Waals surface area contributed by atoms with Gasteiger partial charge in [-0.15, -0.1) is 0 Å². The number of halogens is 1. The summed E-state index contributed by atoms with van der Waals surface area (Å²) in [5.74, 6) is -0.514. The van der Waals surface area contributed by atoms with E-state index >= 15 is 0 Å². The molecule has 2 rings (SSSR count). The SMILES string of the molecule is CCCNC(=O)C(CC)N(Cc1ccc(F)cc1)C(=O)CCCN(c1ccccc1OC)S(C)(=O)=O. The first kappa shape index (κ1) is 29.1. The molecule has 1 atom stereocenters. The lowest BCUT2D eigenvalue weighted by Gasteiger charge is -2.31. The molecule has 0 radical (unpaired) electrons. The summed E-state index contributed by atoms with van der Waals surface area (Å²) in [4.78, 5) is 27.7. The van der Waals surface area contributed by atoms with Gasteiger partial charge in [-0.2, -0.15) is 0 Å². The largest absolute Gasteiger partial charge is 0.495 e. The number of para-hydroxylation sites is 2. The lowest BCUT2D eigenvalue weighted by Crippen LogP contribution is -2.49. The van der Waals surface area contributed by atoms with Crippen LogP contribution in [0.2, 0.25) is 0 Å². The van der Waals surface area contributed by atoms with E-state index < -0.39 is 16.1 Å². The van der Waals surface area contributed by atoms with Gasteiger partial charge in [0.1, 0.15) is 17.6 Å². The van der Waals surface area contributed by atoms with Gasteiger partial charge in [0.15, 0.2) is 0 Å². The van der Waals surface area contributed by atoms with E-state index in [-0.39, 0.29) is 43.6 Å². The molecular formula is C26H36FN3O5S. The van der Waals surface area contributed by atoms with E-state index in [0.717, 1.165) is 12.7 Å². The molecule has 0 fully saturated rings. The number of hydrogen-bond acceptors (Lipinski definition) is 5. The molecule has 0 spiro atoms. The fraction of sp³-hybridized carbons (Fsp3) is 0.462. The Morgan fingerprint density at radius 1 is 1.08 bits per heavy atom. The maximum Gasteiger partial charge on any atom is 0.242 e. The highest BCUT2D eigenvalue weighted by Crippen LogP contribution is 2.29. The summed E-state index contributed by atoms with van der Waals surface area (Å²) >= 11 is 0. The number of sulfonamides is 1. The molecule has 10 heteroatoms. The number of rotatable bonds is 14. The van der Waals surface area contributed by atoms with Gasteiger partial charge in [0.25, 0.3) is 0 Å². The lowest BCUT2D eigenvalue weighted by atomic mass is 10.1. The fourth-order valence-electron chi connectivity index (χ4n) is 3.89. The molecule has 0 aliphatic rings. The maximum atomic E-state index is 13.4. The molecule has 0 saturated carbocycles. The number of anilines is 1. The van der Waals surface area contributed by atoms with Gasteiger partial charge in [-0.1, -0.05) is 38.1 Å². The van der Waals surface area contributed by atoms with Crippen molar-refractivity contribution in [3.63, 3.8) is 0 Å². The highest BCUT2D eigenvalue weighted by molar-refractivity contribution is 7.92. The number of amides is 2. The van der Waals surface area contributed by atoms with E-state index in [1.807, 2.05) is 13.8 Å². The number of methoxy groups -OCH3 is 1. The Hall–Kier alpha value is -3.14. The van der Waals surface area contributed by atoms with Crippen molar-refractivity contribution in [3.8, 4) is 5.75 Å². The van der Waals surface area contributed by atoms with Crippen LogP contribution < -0.4 is 14.4 Å². The number of benzene rings is 2. The second kappa shape index (κ2) is 13.8. The van der Waals surface area contributed by atoms with Crippen molar-refractivity contribution in [1.82, 2.24) is 10.2 Å². The molecule has 0 saturated heterocycles. The van der Waals surface area contributed by atoms with E-state index in [4.69, 9.17) is 4.74 Å². The molecular weight excluding hydrogens is 485 g/mol. The van der Waals surface area contributed by atoms with Crippen molar-refractivity contribution in [2.24, 2.45) is 0 Å². The molecule has 0 aromatic heterocycles. The van der Waals surface area contributed by atoms with Crippen LogP contribution in [0, 0.1) is 5.82 Å². The van der Waals surface area contributed by atoms with Gasteiger partial charge in [-0.05, 0) is 49.1 Å². The smallest absolute Gasteiger partial charge is 0.242 e. The average molecular weight is 522 g/mol. The summed E-state index contributed by atoms with van der Waals surface area (Å²) in [6, 6.07) is 11.9. The van der Waals surface area contributed by atoms with Crippen LogP contribution in [0.4, 0.5) is 10.1 Å². The van der Waals surface area contributed by atoms with Crippen LogP contribution in [-0.2, 0) is 26.2 Å². The first-order valence-electron chi connectivity index (χ1n) is 12.0. The maximum absolute atomic E-state index is 13.4. The summed E-state index contributed by atoms with van der Waals surface area (Å²) in [6.45, 7) is 4.47. The molecule has 0 heterocycles. The van der Waals surface area contributed by atoms with E-state index in [9.17, 15) is 22.4 Å². The van der Waals surface area contributed by atoms with Gasteiger partial charge in [0.05, 0.1) is 19.1 Å². The normalized spacial score (nSPS) is 12.0. The Bertz CT molecular complexity index is 1110. The minimum atomic E-state index is -3.64. The van der Waals surface area contributed by atoms with E-state index in [2.05, 4.69) is 5.32 Å². The van der Waals surface area contributed by atoms with Crippen molar-refractivity contribution in [2.45, 2.75) is 52.1 Å². The molecule has 36 heavy (non-hydrogen) atoms. The predicted molar refractivity (Wildman–Crippen MR) is 139 cm³/mol. The van der Waals surface area contributed by atoms with Gasteiger partial charge < -0.3 is 15.0 Å². The molecule has 0 bridgehead atoms. The molecule has 1 unspecified atom stereocenters. The van der Waals surface area contributed by atoms with E-state index in [1.54, 1.807) is 36.4 Å². The average Bonchev–Trinajstić information content (AvgIpc) is 2.85. The zero-order valence-corrected chi connectivity index (χ0v) is 22.2. The Labute approximate surface area is 213 Å². The minimum absolute atomic E-state index is 0.0277. The van der Waals surface area contributed by atoms with E-state index in [0.29, 0.717) is 30.0 Å². The third kappa shape index (κ3) is 8.22. The molecule has 1 N–H and O–H groups in total. The van der Waals surface area contributed by atoms with Crippen molar-refractivity contribution in [1.29, 1.82) is 0 Å². The summed E-state index contributed by atoms with van der Waals surface area (Å²) in [5, 5.41) is 2.85. The summed E-state index contributed by atoms with van der Waals surface area (Å²) < 4.78 is 45.0. The zero-order chi connectivity index (χ0) is 26.7. The Morgan fingerprint density at radius 3 is 2.33 bits per heavy atom. The second-order valence-electron chi connectivity index (χ2n) is 8.47. The second-order valence-corrected chi connectivity index (χ2v) is 10.4. The van der Waals surface area contributed by atoms with Crippen molar-refractivity contribution < 1.29 is 27.1 Å². The zero-order valence-electron chi connectivity index (χ0n) is 21.4. The van der Waals surface area contributed by atoms with Crippen LogP contribution >= 0.6 is 0 Å². The van der Waals surface area contributed by atoms with Crippen LogP contribution in [0.1, 0.15) is 45.1 Å².